The maximum atomic E-state index is 3.77. The minimum Gasteiger partial charge on any atom is -0.309 e. The van der Waals surface area contributed by atoms with Crippen LogP contribution in [-0.4, -0.2) is 6.54 Å². The quantitative estimate of drug-likeness (QED) is 0.781. The number of nitrogens with one attached hydrogen (secondary N) is 1. The van der Waals surface area contributed by atoms with Crippen LogP contribution in [0.4, 0.5) is 0 Å². The van der Waals surface area contributed by atoms with Crippen LogP contribution in [0.1, 0.15) is 51.0 Å². The summed E-state index contributed by atoms with van der Waals surface area (Å²) in [4.78, 5) is 1.49. The van der Waals surface area contributed by atoms with E-state index >= 15 is 0 Å². The lowest BCUT2D eigenvalue weighted by atomic mass is 9.92. The molecule has 1 N–H and O–H groups in total. The maximum Gasteiger partial charge on any atom is 0.0412 e. The Morgan fingerprint density at radius 2 is 2.19 bits per heavy atom. The molecule has 0 aliphatic heterocycles. The Morgan fingerprint density at radius 3 is 2.62 bits per heavy atom. The summed E-state index contributed by atoms with van der Waals surface area (Å²) in [6.45, 7) is 8.19. The molecule has 1 aliphatic rings. The van der Waals surface area contributed by atoms with Gasteiger partial charge in [0.25, 0.3) is 0 Å². The second kappa shape index (κ2) is 4.89. The molecule has 2 heteroatoms. The van der Waals surface area contributed by atoms with Crippen molar-refractivity contribution in [1.29, 1.82) is 0 Å². The van der Waals surface area contributed by atoms with Gasteiger partial charge >= 0.3 is 0 Å². The van der Waals surface area contributed by atoms with Crippen LogP contribution in [0, 0.1) is 11.3 Å². The van der Waals surface area contributed by atoms with Gasteiger partial charge in [-0.25, -0.2) is 0 Å². The average Bonchev–Trinajstić information content (AvgIpc) is 2.87. The zero-order chi connectivity index (χ0) is 11.6. The Kier molecular flexibility index (Phi) is 3.70. The fourth-order valence-corrected chi connectivity index (χ4v) is 3.27. The summed E-state index contributed by atoms with van der Waals surface area (Å²) in [5.41, 5.74) is 0.616. The Bertz CT molecular complexity index is 311. The van der Waals surface area contributed by atoms with E-state index in [1.165, 1.54) is 30.7 Å². The Hall–Kier alpha value is -0.340. The van der Waals surface area contributed by atoms with E-state index in [1.807, 2.05) is 11.3 Å². The smallest absolute Gasteiger partial charge is 0.0412 e. The highest BCUT2D eigenvalue weighted by molar-refractivity contribution is 7.10. The van der Waals surface area contributed by atoms with Crippen molar-refractivity contribution < 1.29 is 0 Å². The molecule has 0 amide bonds. The van der Waals surface area contributed by atoms with Crippen molar-refractivity contribution in [1.82, 2.24) is 5.32 Å². The van der Waals surface area contributed by atoms with Crippen LogP contribution < -0.4 is 5.32 Å². The first-order chi connectivity index (χ1) is 7.68. The standard InChI is InChI=1S/C14H23NS/c1-4-12(13-6-5-9-16-13)15-10-14(7-8-14)11(2)3/h5-6,9,11-12,15H,4,7-8,10H2,1-3H3. The van der Waals surface area contributed by atoms with Crippen LogP contribution in [0.25, 0.3) is 0 Å². The van der Waals surface area contributed by atoms with Gasteiger partial charge in [0, 0.05) is 17.5 Å². The van der Waals surface area contributed by atoms with Crippen LogP contribution in [0.3, 0.4) is 0 Å². The summed E-state index contributed by atoms with van der Waals surface area (Å²) < 4.78 is 0. The molecular weight excluding hydrogens is 214 g/mol. The lowest BCUT2D eigenvalue weighted by Gasteiger charge is -2.24. The highest BCUT2D eigenvalue weighted by Crippen LogP contribution is 2.51. The molecule has 1 heterocycles. The summed E-state index contributed by atoms with van der Waals surface area (Å²) in [6.07, 6.45) is 4.02. The zero-order valence-corrected chi connectivity index (χ0v) is 11.4. The van der Waals surface area contributed by atoms with Gasteiger partial charge in [0.15, 0.2) is 0 Å². The second-order valence-corrected chi connectivity index (χ2v) is 6.35. The highest BCUT2D eigenvalue weighted by Gasteiger charge is 2.45. The van der Waals surface area contributed by atoms with Gasteiger partial charge in [-0.2, -0.15) is 0 Å². The first kappa shape index (κ1) is 12.1. The van der Waals surface area contributed by atoms with Crippen LogP contribution >= 0.6 is 11.3 Å². The summed E-state index contributed by atoms with van der Waals surface area (Å²) in [5.74, 6) is 0.820. The van der Waals surface area contributed by atoms with E-state index in [0.29, 0.717) is 11.5 Å². The summed E-state index contributed by atoms with van der Waals surface area (Å²) in [6, 6.07) is 4.97. The SMILES string of the molecule is CCC(NCC1(C(C)C)CC1)c1cccs1. The average molecular weight is 237 g/mol. The fourth-order valence-electron chi connectivity index (χ4n) is 2.38. The monoisotopic (exact) mass is 237 g/mol. The van der Waals surface area contributed by atoms with E-state index in [2.05, 4.69) is 43.6 Å². The van der Waals surface area contributed by atoms with Gasteiger partial charge in [-0.3, -0.25) is 0 Å². The molecule has 1 atom stereocenters. The van der Waals surface area contributed by atoms with E-state index in [1.54, 1.807) is 0 Å². The van der Waals surface area contributed by atoms with E-state index < -0.39 is 0 Å². The Balaban J connectivity index is 1.89. The Labute approximate surface area is 103 Å². The van der Waals surface area contributed by atoms with Crippen molar-refractivity contribution in [2.45, 2.75) is 46.1 Å². The first-order valence-electron chi connectivity index (χ1n) is 6.45. The molecule has 16 heavy (non-hydrogen) atoms. The second-order valence-electron chi connectivity index (χ2n) is 5.37. The number of rotatable bonds is 6. The summed E-state index contributed by atoms with van der Waals surface area (Å²) in [7, 11) is 0. The molecule has 1 unspecified atom stereocenters. The van der Waals surface area contributed by atoms with Gasteiger partial charge in [0.05, 0.1) is 0 Å². The molecule has 90 valence electrons. The predicted molar refractivity (Wildman–Crippen MR) is 71.9 cm³/mol. The molecule has 0 aromatic carbocycles. The summed E-state index contributed by atoms with van der Waals surface area (Å²) >= 11 is 1.87. The highest BCUT2D eigenvalue weighted by atomic mass is 32.1. The zero-order valence-electron chi connectivity index (χ0n) is 10.6. The van der Waals surface area contributed by atoms with Crippen molar-refractivity contribution in [3.8, 4) is 0 Å². The molecule has 1 fully saturated rings. The molecular formula is C14H23NS. The molecule has 0 bridgehead atoms. The van der Waals surface area contributed by atoms with Crippen LogP contribution in [0.5, 0.6) is 0 Å². The lowest BCUT2D eigenvalue weighted by Crippen LogP contribution is -2.30. The van der Waals surface area contributed by atoms with E-state index in [9.17, 15) is 0 Å². The minimum atomic E-state index is 0.566. The molecule has 0 radical (unpaired) electrons. The first-order valence-corrected chi connectivity index (χ1v) is 7.33. The topological polar surface area (TPSA) is 12.0 Å². The number of hydrogen-bond acceptors (Lipinski definition) is 2. The largest absolute Gasteiger partial charge is 0.309 e. The van der Waals surface area contributed by atoms with E-state index in [4.69, 9.17) is 0 Å². The number of thiophene rings is 1. The molecule has 0 spiro atoms. The number of hydrogen-bond donors (Lipinski definition) is 1. The molecule has 2 rings (SSSR count). The van der Waals surface area contributed by atoms with E-state index in [-0.39, 0.29) is 0 Å². The normalized spacial score (nSPS) is 20.0. The van der Waals surface area contributed by atoms with Gasteiger partial charge in [0.2, 0.25) is 0 Å². The van der Waals surface area contributed by atoms with Gasteiger partial charge in [0.1, 0.15) is 0 Å². The molecule has 1 aromatic heterocycles. The third kappa shape index (κ3) is 2.49. The minimum absolute atomic E-state index is 0.566. The van der Waals surface area contributed by atoms with Gasteiger partial charge in [-0.05, 0) is 42.0 Å². The molecule has 1 nitrogen and oxygen atoms in total. The van der Waals surface area contributed by atoms with Crippen LogP contribution in [0.15, 0.2) is 17.5 Å². The van der Waals surface area contributed by atoms with Crippen molar-refractivity contribution >= 4 is 11.3 Å². The van der Waals surface area contributed by atoms with Crippen molar-refractivity contribution in [3.63, 3.8) is 0 Å². The molecule has 1 aliphatic carbocycles. The maximum absolute atomic E-state index is 3.77. The van der Waals surface area contributed by atoms with Gasteiger partial charge in [-0.1, -0.05) is 26.8 Å². The summed E-state index contributed by atoms with van der Waals surface area (Å²) in [5, 5.41) is 5.94. The predicted octanol–water partition coefficient (Wildman–Crippen LogP) is 4.23. The van der Waals surface area contributed by atoms with Crippen LogP contribution in [-0.2, 0) is 0 Å². The third-order valence-electron chi connectivity index (χ3n) is 4.11. The fraction of sp³-hybridized carbons (Fsp3) is 0.714. The Morgan fingerprint density at radius 1 is 1.44 bits per heavy atom. The van der Waals surface area contributed by atoms with Crippen molar-refractivity contribution in [2.24, 2.45) is 11.3 Å². The molecule has 1 saturated carbocycles. The van der Waals surface area contributed by atoms with Crippen LogP contribution in [0.2, 0.25) is 0 Å². The van der Waals surface area contributed by atoms with Crippen molar-refractivity contribution in [3.05, 3.63) is 22.4 Å². The third-order valence-corrected chi connectivity index (χ3v) is 5.10. The van der Waals surface area contributed by atoms with Crippen molar-refractivity contribution in [2.75, 3.05) is 6.54 Å². The van der Waals surface area contributed by atoms with Gasteiger partial charge in [-0.15, -0.1) is 11.3 Å². The molecule has 0 saturated heterocycles. The molecule has 1 aromatic rings. The lowest BCUT2D eigenvalue weighted by molar-refractivity contribution is 0.319. The van der Waals surface area contributed by atoms with E-state index in [0.717, 1.165) is 5.92 Å². The van der Waals surface area contributed by atoms with Gasteiger partial charge < -0.3 is 5.32 Å².